The fourth-order valence-electron chi connectivity index (χ4n) is 4.15. The van der Waals surface area contributed by atoms with Crippen molar-refractivity contribution >= 4 is 5.91 Å². The average Bonchev–Trinajstić information content (AvgIpc) is 3.55. The van der Waals surface area contributed by atoms with Crippen LogP contribution in [0.2, 0.25) is 0 Å². The number of rotatable bonds is 7. The van der Waals surface area contributed by atoms with E-state index in [1.807, 2.05) is 30.3 Å². The molecule has 1 atom stereocenters. The number of quaternary nitrogens is 2. The van der Waals surface area contributed by atoms with Crippen LogP contribution in [0.1, 0.15) is 30.0 Å². The van der Waals surface area contributed by atoms with E-state index >= 15 is 0 Å². The summed E-state index contributed by atoms with van der Waals surface area (Å²) in [6, 6.07) is 19.0. The molecule has 0 unspecified atom stereocenters. The number of hydrogen-bond acceptors (Lipinski definition) is 2. The van der Waals surface area contributed by atoms with E-state index in [0.29, 0.717) is 6.04 Å². The standard InChI is InChI=1S/C23H29N3O2/c1-28-21-11-7-18(8-12-21)17-25-13-15-26(16-14-25)22(19-5-3-2-4-6-19)23(27)24-20-9-10-20/h2-8,11-12,20,22H,9-10,13-17H2,1H3,(H,24,27)/p+2/t22-/m1/s1. The number of nitrogens with one attached hydrogen (secondary N) is 3. The van der Waals surface area contributed by atoms with Crippen molar-refractivity contribution in [1.29, 1.82) is 0 Å². The molecule has 0 aromatic heterocycles. The van der Waals surface area contributed by atoms with Gasteiger partial charge < -0.3 is 19.9 Å². The van der Waals surface area contributed by atoms with Crippen LogP contribution in [0, 0.1) is 0 Å². The molecule has 0 radical (unpaired) electrons. The molecule has 1 saturated heterocycles. The fourth-order valence-corrected chi connectivity index (χ4v) is 4.15. The Morgan fingerprint density at radius 2 is 1.71 bits per heavy atom. The first-order valence-corrected chi connectivity index (χ1v) is 10.4. The van der Waals surface area contributed by atoms with Gasteiger partial charge in [-0.15, -0.1) is 0 Å². The Morgan fingerprint density at radius 3 is 2.32 bits per heavy atom. The highest BCUT2D eigenvalue weighted by atomic mass is 16.5. The van der Waals surface area contributed by atoms with Gasteiger partial charge in [-0.2, -0.15) is 0 Å². The van der Waals surface area contributed by atoms with Crippen LogP contribution in [0.15, 0.2) is 54.6 Å². The van der Waals surface area contributed by atoms with Gasteiger partial charge in [-0.05, 0) is 37.1 Å². The van der Waals surface area contributed by atoms with Crippen LogP contribution in [0.5, 0.6) is 5.75 Å². The number of piperazine rings is 1. The maximum atomic E-state index is 13.0. The Hall–Kier alpha value is -2.37. The number of ether oxygens (including phenoxy) is 1. The first kappa shape index (κ1) is 19.0. The van der Waals surface area contributed by atoms with Crippen molar-refractivity contribution in [1.82, 2.24) is 5.32 Å². The molecule has 3 N–H and O–H groups in total. The SMILES string of the molecule is COc1ccc(C[NH+]2CC[NH+]([C@@H](C(=O)NC3CC3)c3ccccc3)CC2)cc1. The predicted molar refractivity (Wildman–Crippen MR) is 108 cm³/mol. The minimum Gasteiger partial charge on any atom is -0.497 e. The third kappa shape index (κ3) is 4.72. The number of carbonyl (C=O) groups is 1. The van der Waals surface area contributed by atoms with Crippen molar-refractivity contribution in [3.8, 4) is 5.75 Å². The van der Waals surface area contributed by atoms with E-state index in [-0.39, 0.29) is 11.9 Å². The lowest BCUT2D eigenvalue weighted by atomic mass is 10.0. The minimum atomic E-state index is -0.0932. The molecular weight excluding hydrogens is 350 g/mol. The van der Waals surface area contributed by atoms with Crippen molar-refractivity contribution in [3.05, 3.63) is 65.7 Å². The second kappa shape index (κ2) is 8.76. The van der Waals surface area contributed by atoms with Gasteiger partial charge >= 0.3 is 0 Å². The van der Waals surface area contributed by atoms with E-state index in [2.05, 4.69) is 29.6 Å². The fraction of sp³-hybridized carbons (Fsp3) is 0.435. The molecule has 5 nitrogen and oxygen atoms in total. The molecular formula is C23H31N3O2+2. The summed E-state index contributed by atoms with van der Waals surface area (Å²) < 4.78 is 5.25. The first-order chi connectivity index (χ1) is 13.7. The largest absolute Gasteiger partial charge is 0.497 e. The summed E-state index contributed by atoms with van der Waals surface area (Å²) in [5, 5.41) is 3.23. The molecule has 28 heavy (non-hydrogen) atoms. The molecule has 0 spiro atoms. The van der Waals surface area contributed by atoms with E-state index in [0.717, 1.165) is 56.9 Å². The molecule has 0 bridgehead atoms. The van der Waals surface area contributed by atoms with Crippen molar-refractivity contribution < 1.29 is 19.3 Å². The summed E-state index contributed by atoms with van der Waals surface area (Å²) >= 11 is 0. The smallest absolute Gasteiger partial charge is 0.283 e. The van der Waals surface area contributed by atoms with Gasteiger partial charge in [-0.1, -0.05) is 30.3 Å². The van der Waals surface area contributed by atoms with E-state index < -0.39 is 0 Å². The second-order valence-electron chi connectivity index (χ2n) is 8.06. The number of amides is 1. The molecule has 5 heteroatoms. The molecule has 4 rings (SSSR count). The topological polar surface area (TPSA) is 47.2 Å². The highest BCUT2D eigenvalue weighted by Gasteiger charge is 2.37. The maximum absolute atomic E-state index is 13.0. The molecule has 1 amide bonds. The number of methoxy groups -OCH3 is 1. The van der Waals surface area contributed by atoms with E-state index in [1.54, 1.807) is 12.0 Å². The minimum absolute atomic E-state index is 0.0932. The Bertz CT molecular complexity index is 766. The van der Waals surface area contributed by atoms with Gasteiger partial charge in [0.25, 0.3) is 5.91 Å². The molecule has 1 heterocycles. The Labute approximate surface area is 167 Å². The number of carbonyl (C=O) groups excluding carboxylic acids is 1. The lowest BCUT2D eigenvalue weighted by molar-refractivity contribution is -1.03. The monoisotopic (exact) mass is 381 g/mol. The zero-order valence-corrected chi connectivity index (χ0v) is 16.6. The van der Waals surface area contributed by atoms with Gasteiger partial charge in [0.2, 0.25) is 0 Å². The highest BCUT2D eigenvalue weighted by molar-refractivity contribution is 5.82. The summed E-state index contributed by atoms with van der Waals surface area (Å²) in [6.45, 7) is 5.23. The van der Waals surface area contributed by atoms with Gasteiger partial charge in [0, 0.05) is 17.2 Å². The van der Waals surface area contributed by atoms with Crippen LogP contribution < -0.4 is 19.9 Å². The van der Waals surface area contributed by atoms with Crippen LogP contribution in [0.4, 0.5) is 0 Å². The summed E-state index contributed by atoms with van der Waals surface area (Å²) in [5.74, 6) is 1.10. The van der Waals surface area contributed by atoms with Gasteiger partial charge in [-0.25, -0.2) is 0 Å². The van der Waals surface area contributed by atoms with Crippen LogP contribution >= 0.6 is 0 Å². The number of hydrogen-bond donors (Lipinski definition) is 3. The summed E-state index contributed by atoms with van der Waals surface area (Å²) in [5.41, 5.74) is 2.47. The molecule has 1 aliphatic heterocycles. The van der Waals surface area contributed by atoms with Gasteiger partial charge in [-0.3, -0.25) is 4.79 Å². The van der Waals surface area contributed by atoms with Crippen molar-refractivity contribution in [2.75, 3.05) is 33.3 Å². The Kier molecular flexibility index (Phi) is 5.93. The zero-order valence-electron chi connectivity index (χ0n) is 16.6. The lowest BCUT2D eigenvalue weighted by Crippen LogP contribution is -3.28. The van der Waals surface area contributed by atoms with Crippen molar-refractivity contribution in [2.24, 2.45) is 0 Å². The lowest BCUT2D eigenvalue weighted by Gasteiger charge is -2.34. The molecule has 1 aliphatic carbocycles. The summed E-state index contributed by atoms with van der Waals surface area (Å²) in [7, 11) is 1.70. The molecule has 2 aromatic carbocycles. The quantitative estimate of drug-likeness (QED) is 0.632. The second-order valence-corrected chi connectivity index (χ2v) is 8.06. The normalized spacial score (nSPS) is 23.0. The van der Waals surface area contributed by atoms with Crippen LogP contribution in [0.25, 0.3) is 0 Å². The number of benzene rings is 2. The van der Waals surface area contributed by atoms with Crippen molar-refractivity contribution in [2.45, 2.75) is 31.5 Å². The molecule has 148 valence electrons. The summed E-state index contributed by atoms with van der Waals surface area (Å²) in [4.78, 5) is 16.0. The third-order valence-corrected chi connectivity index (χ3v) is 5.94. The molecule has 2 fully saturated rings. The van der Waals surface area contributed by atoms with Crippen LogP contribution in [-0.4, -0.2) is 45.2 Å². The van der Waals surface area contributed by atoms with E-state index in [4.69, 9.17) is 4.74 Å². The van der Waals surface area contributed by atoms with E-state index in [1.165, 1.54) is 10.5 Å². The van der Waals surface area contributed by atoms with Gasteiger partial charge in [0.1, 0.15) is 38.5 Å². The predicted octanol–water partition coefficient (Wildman–Crippen LogP) is -0.00150. The first-order valence-electron chi connectivity index (χ1n) is 10.4. The van der Waals surface area contributed by atoms with Crippen LogP contribution in [-0.2, 0) is 11.3 Å². The third-order valence-electron chi connectivity index (χ3n) is 5.94. The van der Waals surface area contributed by atoms with Gasteiger partial charge in [0.05, 0.1) is 7.11 Å². The van der Waals surface area contributed by atoms with Gasteiger partial charge in [0.15, 0.2) is 6.04 Å². The molecule has 1 saturated carbocycles. The van der Waals surface area contributed by atoms with E-state index in [9.17, 15) is 4.79 Å². The Morgan fingerprint density at radius 1 is 1.04 bits per heavy atom. The molecule has 2 aliphatic rings. The maximum Gasteiger partial charge on any atom is 0.283 e. The zero-order chi connectivity index (χ0) is 19.3. The highest BCUT2D eigenvalue weighted by Crippen LogP contribution is 2.20. The van der Waals surface area contributed by atoms with Crippen LogP contribution in [0.3, 0.4) is 0 Å². The van der Waals surface area contributed by atoms with Crippen molar-refractivity contribution in [3.63, 3.8) is 0 Å². The average molecular weight is 382 g/mol. The Balaban J connectivity index is 1.38. The summed E-state index contributed by atoms with van der Waals surface area (Å²) in [6.07, 6.45) is 2.25. The molecule has 2 aromatic rings.